The van der Waals surface area contributed by atoms with Crippen molar-refractivity contribution in [3.63, 3.8) is 0 Å². The topological polar surface area (TPSA) is 161 Å². The summed E-state index contributed by atoms with van der Waals surface area (Å²) >= 11 is 0. The Labute approximate surface area is 125 Å². The molecule has 0 aliphatic carbocycles. The summed E-state index contributed by atoms with van der Waals surface area (Å²) in [6, 6.07) is 0. The van der Waals surface area contributed by atoms with Gasteiger partial charge in [0.2, 0.25) is 30.1 Å². The Bertz CT molecular complexity index is 823. The van der Waals surface area contributed by atoms with Crippen LogP contribution in [0, 0.1) is 0 Å². The highest BCUT2D eigenvalue weighted by molar-refractivity contribution is 8.07. The smallest absolute Gasteiger partial charge is 0.212 e. The van der Waals surface area contributed by atoms with Gasteiger partial charge >= 0.3 is 15.5 Å². The fraction of sp³-hybridized carbons (Fsp3) is 1.00. The summed E-state index contributed by atoms with van der Waals surface area (Å²) in [4.78, 5) is 0. The molecule has 0 spiro atoms. The first-order valence-corrected chi connectivity index (χ1v) is 11.4. The maximum absolute atomic E-state index is 12.0. The number of sulfonamides is 4. The molecule has 0 aliphatic heterocycles. The molecule has 0 saturated carbocycles. The average molecular weight is 412 g/mol. The highest BCUT2D eigenvalue weighted by atomic mass is 32.3. The van der Waals surface area contributed by atoms with Crippen LogP contribution in [0.5, 0.6) is 0 Å². The lowest BCUT2D eigenvalue weighted by Gasteiger charge is -2.14. The highest BCUT2D eigenvalue weighted by Crippen LogP contribution is 2.22. The number of alkyl halides is 3. The average Bonchev–Trinajstić information content (AvgIpc) is 2.07. The predicted octanol–water partition coefficient (Wildman–Crippen LogP) is -1.98. The van der Waals surface area contributed by atoms with Crippen molar-refractivity contribution in [3.8, 4) is 0 Å². The molecule has 0 aromatic heterocycles. The first kappa shape index (κ1) is 21.5. The number of nitrogens with one attached hydrogen (secondary N) is 2. The van der Waals surface area contributed by atoms with Crippen molar-refractivity contribution < 1.29 is 46.8 Å². The predicted molar refractivity (Wildman–Crippen MR) is 68.3 cm³/mol. The third kappa shape index (κ3) is 6.73. The second kappa shape index (κ2) is 6.19. The molecule has 0 amide bonds. The number of rotatable bonds is 7. The Hall–Kier alpha value is -0.490. The SMILES string of the molecule is CC(CS(=O)(=O)NS(=O)(=O)C(F)(F)F)S(=O)(=O)NS(C)(=O)=O. The standard InChI is InChI=1S/C5H11F3N2O8S4/c1-4(21(15,16)9-19(2,11)12)3-20(13,14)10-22(17,18)5(6,7)8/h4,9-10H,3H2,1-2H3. The van der Waals surface area contributed by atoms with E-state index in [0.29, 0.717) is 17.3 Å². The molecule has 1 unspecified atom stereocenters. The van der Waals surface area contributed by atoms with E-state index < -0.39 is 56.6 Å². The van der Waals surface area contributed by atoms with E-state index in [-0.39, 0.29) is 0 Å². The van der Waals surface area contributed by atoms with Gasteiger partial charge in [-0.3, -0.25) is 0 Å². The van der Waals surface area contributed by atoms with E-state index >= 15 is 0 Å². The molecule has 0 saturated heterocycles. The van der Waals surface area contributed by atoms with E-state index in [4.69, 9.17) is 0 Å². The second-order valence-corrected chi connectivity index (χ2v) is 11.8. The van der Waals surface area contributed by atoms with Crippen LogP contribution in [-0.4, -0.2) is 56.4 Å². The van der Waals surface area contributed by atoms with E-state index in [1.54, 1.807) is 0 Å². The van der Waals surface area contributed by atoms with Gasteiger partial charge in [-0.05, 0) is 6.92 Å². The fourth-order valence-electron chi connectivity index (χ4n) is 0.940. The molecule has 2 N–H and O–H groups in total. The van der Waals surface area contributed by atoms with Crippen LogP contribution in [-0.2, 0) is 40.1 Å². The van der Waals surface area contributed by atoms with Crippen molar-refractivity contribution in [2.75, 3.05) is 12.0 Å². The van der Waals surface area contributed by atoms with Crippen LogP contribution in [0.4, 0.5) is 13.2 Å². The summed E-state index contributed by atoms with van der Waals surface area (Å²) < 4.78 is 126. The Balaban J connectivity index is 5.33. The third-order valence-electron chi connectivity index (χ3n) is 1.79. The van der Waals surface area contributed by atoms with Crippen molar-refractivity contribution in [3.05, 3.63) is 0 Å². The van der Waals surface area contributed by atoms with E-state index in [1.165, 1.54) is 0 Å². The monoisotopic (exact) mass is 412 g/mol. The Morgan fingerprint density at radius 1 is 0.909 bits per heavy atom. The molecule has 0 heterocycles. The van der Waals surface area contributed by atoms with Gasteiger partial charge in [0.15, 0.2) is 0 Å². The highest BCUT2D eigenvalue weighted by Gasteiger charge is 2.48. The maximum Gasteiger partial charge on any atom is 0.512 e. The Kier molecular flexibility index (Phi) is 6.05. The van der Waals surface area contributed by atoms with Gasteiger partial charge in [0, 0.05) is 0 Å². The quantitative estimate of drug-likeness (QED) is 0.486. The summed E-state index contributed by atoms with van der Waals surface area (Å²) in [5.41, 5.74) is -5.92. The first-order chi connectivity index (χ1) is 9.29. The van der Waals surface area contributed by atoms with Crippen LogP contribution in [0.3, 0.4) is 0 Å². The van der Waals surface area contributed by atoms with Crippen LogP contribution < -0.4 is 8.25 Å². The van der Waals surface area contributed by atoms with Gasteiger partial charge in [0.05, 0.1) is 17.3 Å². The first-order valence-electron chi connectivity index (χ1n) is 4.84. The lowest BCUT2D eigenvalue weighted by atomic mass is 10.6. The zero-order valence-corrected chi connectivity index (χ0v) is 14.1. The van der Waals surface area contributed by atoms with E-state index in [0.717, 1.165) is 4.13 Å². The van der Waals surface area contributed by atoms with Crippen molar-refractivity contribution in [2.45, 2.75) is 17.7 Å². The van der Waals surface area contributed by atoms with Crippen LogP contribution in [0.1, 0.15) is 6.92 Å². The minimum Gasteiger partial charge on any atom is -0.212 e. The van der Waals surface area contributed by atoms with Gasteiger partial charge in [-0.1, -0.05) is 0 Å². The molecule has 1 atom stereocenters. The molecule has 0 radical (unpaired) electrons. The molecule has 22 heavy (non-hydrogen) atoms. The number of halogens is 3. The summed E-state index contributed by atoms with van der Waals surface area (Å²) in [5, 5.41) is -2.05. The minimum absolute atomic E-state index is 0.316. The van der Waals surface area contributed by atoms with Crippen LogP contribution in [0.15, 0.2) is 0 Å². The lowest BCUT2D eigenvalue weighted by Crippen LogP contribution is -2.45. The molecular formula is C5H11F3N2O8S4. The van der Waals surface area contributed by atoms with E-state index in [1.807, 2.05) is 0 Å². The van der Waals surface area contributed by atoms with E-state index in [2.05, 4.69) is 0 Å². The molecule has 10 nitrogen and oxygen atoms in total. The van der Waals surface area contributed by atoms with E-state index in [9.17, 15) is 46.8 Å². The maximum atomic E-state index is 12.0. The molecule has 0 aromatic carbocycles. The van der Waals surface area contributed by atoms with Crippen LogP contribution >= 0.6 is 0 Å². The van der Waals surface area contributed by atoms with Crippen molar-refractivity contribution >= 4 is 40.1 Å². The molecule has 0 aliphatic rings. The van der Waals surface area contributed by atoms with Crippen molar-refractivity contribution in [1.82, 2.24) is 8.25 Å². The summed E-state index contributed by atoms with van der Waals surface area (Å²) in [6.07, 6.45) is 0.443. The van der Waals surface area contributed by atoms with Crippen molar-refractivity contribution in [1.29, 1.82) is 0 Å². The zero-order chi connectivity index (χ0) is 18.2. The molecule has 0 fully saturated rings. The Morgan fingerprint density at radius 3 is 1.64 bits per heavy atom. The Morgan fingerprint density at radius 2 is 1.32 bits per heavy atom. The molecule has 0 aromatic rings. The third-order valence-corrected chi connectivity index (χ3v) is 8.81. The largest absolute Gasteiger partial charge is 0.512 e. The normalized spacial score (nSPS) is 16.4. The number of hydrogen-bond donors (Lipinski definition) is 2. The molecule has 0 rings (SSSR count). The molecule has 17 heteroatoms. The molecule has 0 bridgehead atoms. The fourth-order valence-corrected chi connectivity index (χ4v) is 7.14. The second-order valence-electron chi connectivity index (χ2n) is 4.03. The number of hydrogen-bond acceptors (Lipinski definition) is 8. The minimum atomic E-state index is -6.25. The van der Waals surface area contributed by atoms with Gasteiger partial charge in [0.25, 0.3) is 0 Å². The van der Waals surface area contributed by atoms with Crippen LogP contribution in [0.2, 0.25) is 0 Å². The summed E-state index contributed by atoms with van der Waals surface area (Å²) in [6.45, 7) is 0.660. The van der Waals surface area contributed by atoms with Gasteiger partial charge in [-0.15, -0.1) is 8.25 Å². The van der Waals surface area contributed by atoms with Crippen LogP contribution in [0.25, 0.3) is 0 Å². The summed E-state index contributed by atoms with van der Waals surface area (Å²) in [5.74, 6) is -1.62. The van der Waals surface area contributed by atoms with Crippen molar-refractivity contribution in [2.24, 2.45) is 0 Å². The summed E-state index contributed by atoms with van der Waals surface area (Å²) in [7, 11) is -20.6. The van der Waals surface area contributed by atoms with Gasteiger partial charge in [-0.25, -0.2) is 33.7 Å². The van der Waals surface area contributed by atoms with Gasteiger partial charge < -0.3 is 0 Å². The zero-order valence-electron chi connectivity index (χ0n) is 10.8. The van der Waals surface area contributed by atoms with Gasteiger partial charge in [0.1, 0.15) is 0 Å². The molecule has 134 valence electrons. The lowest BCUT2D eigenvalue weighted by molar-refractivity contribution is -0.0441. The molecular weight excluding hydrogens is 401 g/mol. The van der Waals surface area contributed by atoms with Gasteiger partial charge in [-0.2, -0.15) is 13.2 Å².